The van der Waals surface area contributed by atoms with Gasteiger partial charge in [-0.25, -0.2) is 16.8 Å². The molecule has 0 bridgehead atoms. The first kappa shape index (κ1) is 26.2. The van der Waals surface area contributed by atoms with E-state index in [1.54, 1.807) is 12.1 Å². The average molecular weight is 556 g/mol. The lowest BCUT2D eigenvalue weighted by Gasteiger charge is -2.26. The third kappa shape index (κ3) is 4.77. The molecule has 1 amide bonds. The highest BCUT2D eigenvalue weighted by molar-refractivity contribution is 7.93. The summed E-state index contributed by atoms with van der Waals surface area (Å²) in [6.07, 6.45) is 3.12. The Kier molecular flexibility index (Phi) is 6.93. The molecule has 0 aliphatic carbocycles. The second kappa shape index (κ2) is 10.0. The molecule has 2 aliphatic heterocycles. The van der Waals surface area contributed by atoms with Gasteiger partial charge >= 0.3 is 0 Å². The zero-order valence-corrected chi connectivity index (χ0v) is 22.5. The average Bonchev–Trinajstić information content (AvgIpc) is 3.26. The molecule has 1 fully saturated rings. The van der Waals surface area contributed by atoms with Crippen molar-refractivity contribution in [2.24, 2.45) is 0 Å². The van der Waals surface area contributed by atoms with Crippen LogP contribution in [-0.2, 0) is 26.5 Å². The maximum Gasteiger partial charge on any atom is 0.264 e. The van der Waals surface area contributed by atoms with Crippen LogP contribution in [0.1, 0.15) is 42.1 Å². The summed E-state index contributed by atoms with van der Waals surface area (Å²) in [4.78, 5) is 13.0. The van der Waals surface area contributed by atoms with Crippen molar-refractivity contribution in [2.75, 3.05) is 22.7 Å². The van der Waals surface area contributed by atoms with Gasteiger partial charge in [-0.05, 0) is 74.2 Å². The Labute approximate surface area is 222 Å². The summed E-state index contributed by atoms with van der Waals surface area (Å²) in [6.45, 7) is 2.68. The number of nitrogens with zero attached hydrogens (tertiary/aromatic N) is 2. The minimum Gasteiger partial charge on any atom is -0.506 e. The number of sulfonamides is 2. The van der Waals surface area contributed by atoms with Crippen LogP contribution in [-0.4, -0.2) is 51.3 Å². The highest BCUT2D eigenvalue weighted by Crippen LogP contribution is 2.37. The number of piperidine rings is 1. The number of benzene rings is 3. The van der Waals surface area contributed by atoms with Gasteiger partial charge in [-0.3, -0.25) is 9.10 Å². The summed E-state index contributed by atoms with van der Waals surface area (Å²) in [5.41, 5.74) is 1.53. The molecule has 38 heavy (non-hydrogen) atoms. The highest BCUT2D eigenvalue weighted by Gasteiger charge is 2.36. The Bertz CT molecular complexity index is 1600. The molecule has 3 aromatic carbocycles. The summed E-state index contributed by atoms with van der Waals surface area (Å²) in [5, 5.41) is 12.9. The second-order valence-electron chi connectivity index (χ2n) is 9.61. The van der Waals surface area contributed by atoms with Crippen LogP contribution in [0.15, 0.2) is 76.5 Å². The van der Waals surface area contributed by atoms with E-state index in [0.717, 1.165) is 24.8 Å². The van der Waals surface area contributed by atoms with E-state index in [1.165, 1.54) is 51.1 Å². The van der Waals surface area contributed by atoms with E-state index < -0.39 is 26.0 Å². The predicted octanol–water partition coefficient (Wildman–Crippen LogP) is 3.96. The monoisotopic (exact) mass is 555 g/mol. The van der Waals surface area contributed by atoms with E-state index in [9.17, 15) is 26.7 Å². The molecule has 0 radical (unpaired) electrons. The largest absolute Gasteiger partial charge is 0.506 e. The van der Waals surface area contributed by atoms with Gasteiger partial charge in [-0.15, -0.1) is 0 Å². The Balaban J connectivity index is 1.41. The number of phenolic OH excluding ortho intramolecular Hbond substituents is 1. The van der Waals surface area contributed by atoms with Crippen molar-refractivity contribution in [2.45, 2.75) is 48.4 Å². The molecule has 11 heteroatoms. The first-order valence-electron chi connectivity index (χ1n) is 12.5. The Morgan fingerprint density at radius 2 is 1.58 bits per heavy atom. The van der Waals surface area contributed by atoms with Gasteiger partial charge in [0.25, 0.3) is 15.9 Å². The summed E-state index contributed by atoms with van der Waals surface area (Å²) in [5.74, 6) is -0.984. The molecule has 0 aromatic heterocycles. The van der Waals surface area contributed by atoms with Gasteiger partial charge in [0.2, 0.25) is 10.0 Å². The molecule has 0 saturated carbocycles. The molecule has 1 atom stereocenters. The summed E-state index contributed by atoms with van der Waals surface area (Å²) < 4.78 is 56.1. The van der Waals surface area contributed by atoms with Crippen molar-refractivity contribution >= 4 is 37.3 Å². The van der Waals surface area contributed by atoms with Gasteiger partial charge in [0.05, 0.1) is 21.2 Å². The van der Waals surface area contributed by atoms with E-state index in [0.29, 0.717) is 25.2 Å². The van der Waals surface area contributed by atoms with Gasteiger partial charge in [-0.1, -0.05) is 30.7 Å². The van der Waals surface area contributed by atoms with Crippen LogP contribution in [0.25, 0.3) is 0 Å². The Hall–Kier alpha value is -3.41. The molecule has 200 valence electrons. The van der Waals surface area contributed by atoms with E-state index in [-0.39, 0.29) is 32.8 Å². The van der Waals surface area contributed by atoms with Crippen LogP contribution < -0.4 is 9.62 Å². The molecule has 0 unspecified atom stereocenters. The number of fused-ring (bicyclic) bond motifs is 1. The smallest absolute Gasteiger partial charge is 0.264 e. The fourth-order valence-corrected chi connectivity index (χ4v) is 8.32. The number of carbonyl (C=O) groups excluding carboxylic acids is 1. The predicted molar refractivity (Wildman–Crippen MR) is 144 cm³/mol. The minimum atomic E-state index is -3.96. The number of carbonyl (C=O) groups is 1. The van der Waals surface area contributed by atoms with Crippen LogP contribution >= 0.6 is 0 Å². The molecule has 9 nitrogen and oxygen atoms in total. The van der Waals surface area contributed by atoms with Gasteiger partial charge in [0.15, 0.2) is 0 Å². The molecule has 0 spiro atoms. The molecular formula is C27H29N3O6S2. The molecule has 5 rings (SSSR count). The van der Waals surface area contributed by atoms with Crippen LogP contribution in [0.5, 0.6) is 5.75 Å². The highest BCUT2D eigenvalue weighted by atomic mass is 32.2. The lowest BCUT2D eigenvalue weighted by Crippen LogP contribution is -2.35. The molecular weight excluding hydrogens is 526 g/mol. The summed E-state index contributed by atoms with van der Waals surface area (Å²) >= 11 is 0. The maximum atomic E-state index is 13.6. The minimum absolute atomic E-state index is 0.0366. The molecule has 2 aliphatic rings. The maximum absolute atomic E-state index is 13.6. The van der Waals surface area contributed by atoms with Crippen molar-refractivity contribution in [3.05, 3.63) is 77.9 Å². The Morgan fingerprint density at radius 3 is 2.34 bits per heavy atom. The van der Waals surface area contributed by atoms with Crippen LogP contribution in [0.4, 0.5) is 11.4 Å². The van der Waals surface area contributed by atoms with Crippen LogP contribution in [0.3, 0.4) is 0 Å². The number of rotatable bonds is 6. The van der Waals surface area contributed by atoms with Gasteiger partial charge in [0.1, 0.15) is 5.75 Å². The topological polar surface area (TPSA) is 124 Å². The Morgan fingerprint density at radius 1 is 0.868 bits per heavy atom. The summed E-state index contributed by atoms with van der Waals surface area (Å²) in [6, 6.07) is 16.4. The third-order valence-electron chi connectivity index (χ3n) is 6.97. The number of aromatic hydroxyl groups is 1. The number of phenols is 1. The van der Waals surface area contributed by atoms with E-state index in [4.69, 9.17) is 0 Å². The molecule has 1 saturated heterocycles. The van der Waals surface area contributed by atoms with Crippen LogP contribution in [0.2, 0.25) is 0 Å². The SMILES string of the molecule is C[C@H]1Cc2ccccc2N1S(=O)(=O)c1cccc(C(=O)Nc2cc(S(=O)(=O)N3CCCCC3)ccc2O)c1. The number of para-hydroxylation sites is 1. The zero-order chi connectivity index (χ0) is 27.1. The first-order valence-corrected chi connectivity index (χ1v) is 15.3. The zero-order valence-electron chi connectivity index (χ0n) is 20.9. The molecule has 2 N–H and O–H groups in total. The molecule has 2 heterocycles. The van der Waals surface area contributed by atoms with E-state index in [1.807, 2.05) is 19.1 Å². The first-order chi connectivity index (χ1) is 18.1. The van der Waals surface area contributed by atoms with Crippen molar-refractivity contribution in [1.82, 2.24) is 4.31 Å². The normalized spacial score (nSPS) is 18.2. The van der Waals surface area contributed by atoms with Crippen molar-refractivity contribution in [3.63, 3.8) is 0 Å². The second-order valence-corrected chi connectivity index (χ2v) is 13.4. The van der Waals surface area contributed by atoms with Crippen molar-refractivity contribution < 1.29 is 26.7 Å². The fourth-order valence-electron chi connectivity index (χ4n) is 5.04. The lowest BCUT2D eigenvalue weighted by molar-refractivity contribution is 0.102. The van der Waals surface area contributed by atoms with Crippen molar-refractivity contribution in [1.29, 1.82) is 0 Å². The van der Waals surface area contributed by atoms with E-state index in [2.05, 4.69) is 5.32 Å². The lowest BCUT2D eigenvalue weighted by atomic mass is 10.1. The quantitative estimate of drug-likeness (QED) is 0.444. The van der Waals surface area contributed by atoms with Gasteiger partial charge in [-0.2, -0.15) is 4.31 Å². The summed E-state index contributed by atoms with van der Waals surface area (Å²) in [7, 11) is -7.74. The van der Waals surface area contributed by atoms with Gasteiger partial charge in [0, 0.05) is 24.7 Å². The van der Waals surface area contributed by atoms with Gasteiger partial charge < -0.3 is 10.4 Å². The molecule has 3 aromatic rings. The number of anilines is 2. The van der Waals surface area contributed by atoms with E-state index >= 15 is 0 Å². The fraction of sp³-hybridized carbons (Fsp3) is 0.296. The standard InChI is InChI=1S/C27H29N3O6S2/c1-19-16-20-8-3-4-11-25(20)30(19)38(35,36)22-10-7-9-21(17-22)27(32)28-24-18-23(12-13-26(24)31)37(33,34)29-14-5-2-6-15-29/h3-4,7-13,17-19,31H,2,5-6,14-16H2,1H3,(H,28,32)/t19-/m0/s1. The van der Waals surface area contributed by atoms with Crippen LogP contribution in [0, 0.1) is 0 Å². The number of hydrogen-bond donors (Lipinski definition) is 2. The van der Waals surface area contributed by atoms with Crippen molar-refractivity contribution in [3.8, 4) is 5.75 Å². The number of nitrogens with one attached hydrogen (secondary N) is 1. The number of hydrogen-bond acceptors (Lipinski definition) is 6. The number of amides is 1. The third-order valence-corrected chi connectivity index (χ3v) is 10.8.